The van der Waals surface area contributed by atoms with Crippen molar-refractivity contribution in [3.05, 3.63) is 46.5 Å². The number of nitrogens with zero attached hydrogens (tertiary/aromatic N) is 2. The molecule has 1 atom stereocenters. The minimum Gasteiger partial charge on any atom is -0.469 e. The van der Waals surface area contributed by atoms with Crippen LogP contribution in [0, 0.1) is 0 Å². The summed E-state index contributed by atoms with van der Waals surface area (Å²) >= 11 is 1.78. The normalized spacial score (nSPS) is 12.8. The van der Waals surface area contributed by atoms with Crippen LogP contribution in [0.1, 0.15) is 16.7 Å². The molecule has 0 amide bonds. The van der Waals surface area contributed by atoms with Crippen LogP contribution in [0.3, 0.4) is 0 Å². The Morgan fingerprint density at radius 1 is 1.30 bits per heavy atom. The minimum atomic E-state index is 0. The Bertz CT molecular complexity index is 555. The highest BCUT2D eigenvalue weighted by Gasteiger charge is 2.15. The van der Waals surface area contributed by atoms with Gasteiger partial charge in [-0.2, -0.15) is 0 Å². The topological polar surface area (TPSA) is 52.8 Å². The molecule has 0 saturated heterocycles. The van der Waals surface area contributed by atoms with Crippen LogP contribution in [0.25, 0.3) is 0 Å². The second kappa shape index (κ2) is 10.7. The maximum atomic E-state index is 5.32. The highest BCUT2D eigenvalue weighted by Crippen LogP contribution is 2.22. The lowest BCUT2D eigenvalue weighted by Gasteiger charge is -2.24. The van der Waals surface area contributed by atoms with E-state index in [9.17, 15) is 0 Å². The van der Waals surface area contributed by atoms with Crippen molar-refractivity contribution in [1.29, 1.82) is 0 Å². The van der Waals surface area contributed by atoms with Crippen LogP contribution in [-0.2, 0) is 6.42 Å². The minimum absolute atomic E-state index is 0. The van der Waals surface area contributed by atoms with Crippen molar-refractivity contribution in [3.8, 4) is 0 Å². The molecular weight excluding hydrogens is 423 g/mol. The van der Waals surface area contributed by atoms with Gasteiger partial charge in [-0.05, 0) is 37.7 Å². The molecule has 2 rings (SSSR count). The third kappa shape index (κ3) is 6.52. The maximum absolute atomic E-state index is 5.32. The molecule has 23 heavy (non-hydrogen) atoms. The van der Waals surface area contributed by atoms with Crippen molar-refractivity contribution in [2.45, 2.75) is 12.5 Å². The molecule has 0 aliphatic rings. The first-order valence-corrected chi connectivity index (χ1v) is 8.25. The second-order valence-electron chi connectivity index (χ2n) is 5.20. The SMILES string of the molecule is CN=C(NCCc1ccco1)NCC(c1cccs1)N(C)C.I. The number of nitrogens with one attached hydrogen (secondary N) is 2. The first-order chi connectivity index (χ1) is 10.7. The van der Waals surface area contributed by atoms with Gasteiger partial charge >= 0.3 is 0 Å². The van der Waals surface area contributed by atoms with E-state index in [0.717, 1.165) is 31.2 Å². The predicted octanol–water partition coefficient (Wildman–Crippen LogP) is 2.97. The number of halogens is 1. The van der Waals surface area contributed by atoms with Crippen molar-refractivity contribution in [3.63, 3.8) is 0 Å². The molecule has 7 heteroatoms. The van der Waals surface area contributed by atoms with E-state index in [1.54, 1.807) is 24.6 Å². The summed E-state index contributed by atoms with van der Waals surface area (Å²) in [5.74, 6) is 1.79. The van der Waals surface area contributed by atoms with E-state index in [-0.39, 0.29) is 24.0 Å². The first-order valence-electron chi connectivity index (χ1n) is 7.37. The van der Waals surface area contributed by atoms with Gasteiger partial charge in [0.2, 0.25) is 0 Å². The fourth-order valence-corrected chi connectivity index (χ4v) is 3.11. The van der Waals surface area contributed by atoms with Gasteiger partial charge in [0.05, 0.1) is 12.3 Å². The van der Waals surface area contributed by atoms with Crippen LogP contribution in [-0.4, -0.2) is 45.1 Å². The Morgan fingerprint density at radius 3 is 2.70 bits per heavy atom. The highest BCUT2D eigenvalue weighted by atomic mass is 127. The van der Waals surface area contributed by atoms with E-state index in [0.29, 0.717) is 6.04 Å². The first kappa shape index (κ1) is 20.0. The summed E-state index contributed by atoms with van der Waals surface area (Å²) in [6, 6.07) is 8.49. The maximum Gasteiger partial charge on any atom is 0.191 e. The summed E-state index contributed by atoms with van der Waals surface area (Å²) in [7, 11) is 5.98. The standard InChI is InChI=1S/C16H24N4OS.HI/c1-17-16(18-9-8-13-6-4-10-21-13)19-12-14(20(2)3)15-7-5-11-22-15;/h4-7,10-11,14H,8-9,12H2,1-3H3,(H2,17,18,19);1H. The molecule has 0 aliphatic carbocycles. The molecule has 5 nitrogen and oxygen atoms in total. The summed E-state index contributed by atoms with van der Waals surface area (Å²) in [6.45, 7) is 1.60. The molecular formula is C16H25IN4OS. The third-order valence-corrected chi connectivity index (χ3v) is 4.40. The lowest BCUT2D eigenvalue weighted by molar-refractivity contribution is 0.302. The second-order valence-corrected chi connectivity index (χ2v) is 6.18. The molecule has 0 saturated carbocycles. The molecule has 0 spiro atoms. The molecule has 0 fully saturated rings. The number of furan rings is 1. The van der Waals surface area contributed by atoms with Crippen LogP contribution < -0.4 is 10.6 Å². The monoisotopic (exact) mass is 448 g/mol. The van der Waals surface area contributed by atoms with Crippen LogP contribution in [0.15, 0.2) is 45.3 Å². The van der Waals surface area contributed by atoms with E-state index in [1.165, 1.54) is 4.88 Å². The molecule has 2 N–H and O–H groups in total. The Balaban J connectivity index is 0.00000264. The van der Waals surface area contributed by atoms with E-state index >= 15 is 0 Å². The average Bonchev–Trinajstić information content (AvgIpc) is 3.18. The van der Waals surface area contributed by atoms with Gasteiger partial charge in [-0.3, -0.25) is 4.99 Å². The number of guanidine groups is 1. The number of thiophene rings is 1. The van der Waals surface area contributed by atoms with Crippen molar-refractivity contribution < 1.29 is 4.42 Å². The van der Waals surface area contributed by atoms with Gasteiger partial charge in [-0.15, -0.1) is 35.3 Å². The fourth-order valence-electron chi connectivity index (χ4n) is 2.19. The smallest absolute Gasteiger partial charge is 0.191 e. The largest absolute Gasteiger partial charge is 0.469 e. The van der Waals surface area contributed by atoms with Crippen molar-refractivity contribution in [2.75, 3.05) is 34.2 Å². The van der Waals surface area contributed by atoms with E-state index < -0.39 is 0 Å². The van der Waals surface area contributed by atoms with Gasteiger partial charge in [-0.25, -0.2) is 0 Å². The number of hydrogen-bond donors (Lipinski definition) is 2. The lowest BCUT2D eigenvalue weighted by atomic mass is 10.2. The van der Waals surface area contributed by atoms with Gasteiger partial charge in [0.1, 0.15) is 5.76 Å². The molecule has 1 unspecified atom stereocenters. The van der Waals surface area contributed by atoms with Gasteiger partial charge in [0, 0.05) is 31.4 Å². The number of hydrogen-bond acceptors (Lipinski definition) is 4. The highest BCUT2D eigenvalue weighted by molar-refractivity contribution is 14.0. The van der Waals surface area contributed by atoms with Crippen molar-refractivity contribution in [2.24, 2.45) is 4.99 Å². The number of aliphatic imine (C=N–C) groups is 1. The quantitative estimate of drug-likeness (QED) is 0.389. The van der Waals surface area contributed by atoms with Crippen molar-refractivity contribution >= 4 is 41.3 Å². The molecule has 2 heterocycles. The summed E-state index contributed by atoms with van der Waals surface area (Å²) in [6.07, 6.45) is 2.54. The molecule has 2 aromatic rings. The van der Waals surface area contributed by atoms with Crippen LogP contribution >= 0.6 is 35.3 Å². The average molecular weight is 448 g/mol. The zero-order chi connectivity index (χ0) is 15.8. The lowest BCUT2D eigenvalue weighted by Crippen LogP contribution is -2.42. The summed E-state index contributed by atoms with van der Waals surface area (Å²) in [4.78, 5) is 7.84. The summed E-state index contributed by atoms with van der Waals surface area (Å²) < 4.78 is 5.32. The number of rotatable bonds is 7. The van der Waals surface area contributed by atoms with Gasteiger partial charge in [-0.1, -0.05) is 6.07 Å². The van der Waals surface area contributed by atoms with E-state index in [4.69, 9.17) is 4.42 Å². The molecule has 0 aliphatic heterocycles. The zero-order valence-corrected chi connectivity index (χ0v) is 16.9. The third-order valence-electron chi connectivity index (χ3n) is 3.43. The molecule has 0 bridgehead atoms. The van der Waals surface area contributed by atoms with Crippen LogP contribution in [0.2, 0.25) is 0 Å². The Kier molecular flexibility index (Phi) is 9.27. The Morgan fingerprint density at radius 2 is 2.13 bits per heavy atom. The van der Waals surface area contributed by atoms with E-state index in [2.05, 4.69) is 52.1 Å². The molecule has 2 aromatic heterocycles. The van der Waals surface area contributed by atoms with Gasteiger partial charge in [0.25, 0.3) is 0 Å². The molecule has 0 aromatic carbocycles. The molecule has 128 valence electrons. The predicted molar refractivity (Wildman–Crippen MR) is 108 cm³/mol. The zero-order valence-electron chi connectivity index (χ0n) is 13.8. The summed E-state index contributed by atoms with van der Waals surface area (Å²) in [5.41, 5.74) is 0. The van der Waals surface area contributed by atoms with Crippen LogP contribution in [0.5, 0.6) is 0 Å². The number of likely N-dealkylation sites (N-methyl/N-ethyl adjacent to an activating group) is 1. The Labute approximate surface area is 159 Å². The summed E-state index contributed by atoms with van der Waals surface area (Å²) in [5, 5.41) is 8.82. The Hall–Kier alpha value is -1.06. The molecule has 0 radical (unpaired) electrons. The van der Waals surface area contributed by atoms with E-state index in [1.807, 2.05) is 12.1 Å². The van der Waals surface area contributed by atoms with Crippen molar-refractivity contribution in [1.82, 2.24) is 15.5 Å². The van der Waals surface area contributed by atoms with Gasteiger partial charge < -0.3 is 20.0 Å². The van der Waals surface area contributed by atoms with Gasteiger partial charge in [0.15, 0.2) is 5.96 Å². The fraction of sp³-hybridized carbons (Fsp3) is 0.438. The van der Waals surface area contributed by atoms with Crippen LogP contribution in [0.4, 0.5) is 0 Å².